The van der Waals surface area contributed by atoms with E-state index in [1.54, 1.807) is 11.1 Å². The summed E-state index contributed by atoms with van der Waals surface area (Å²) in [5.74, 6) is 1.58. The molecule has 112 valence electrons. The van der Waals surface area contributed by atoms with E-state index in [9.17, 15) is 0 Å². The molecule has 0 heterocycles. The molecule has 0 bridgehead atoms. The lowest BCUT2D eigenvalue weighted by Gasteiger charge is -2.34. The molecule has 1 fully saturated rings. The lowest BCUT2D eigenvalue weighted by atomic mass is 9.70. The quantitative estimate of drug-likeness (QED) is 0.481. The van der Waals surface area contributed by atoms with E-state index >= 15 is 0 Å². The number of hydrogen-bond donors (Lipinski definition) is 0. The normalized spacial score (nSPS) is 38.2. The van der Waals surface area contributed by atoms with Crippen molar-refractivity contribution in [2.75, 3.05) is 0 Å². The summed E-state index contributed by atoms with van der Waals surface area (Å²) in [5.41, 5.74) is 5.08. The third-order valence-electron chi connectivity index (χ3n) is 5.84. The van der Waals surface area contributed by atoms with Crippen LogP contribution in [0.4, 0.5) is 0 Å². The highest BCUT2D eigenvalue weighted by Crippen LogP contribution is 2.53. The first kappa shape index (κ1) is 15.6. The van der Waals surface area contributed by atoms with Crippen molar-refractivity contribution in [3.63, 3.8) is 0 Å². The Bertz CT molecular complexity index is 423. The van der Waals surface area contributed by atoms with Crippen molar-refractivity contribution >= 4 is 0 Å². The molecular weight excluding hydrogens is 240 g/mol. The van der Waals surface area contributed by atoms with Crippen molar-refractivity contribution in [3.8, 4) is 0 Å². The second kappa shape index (κ2) is 6.33. The molecule has 1 saturated carbocycles. The van der Waals surface area contributed by atoms with Crippen molar-refractivity contribution in [3.05, 3.63) is 35.5 Å². The Kier molecular flexibility index (Phi) is 4.94. The summed E-state index contributed by atoms with van der Waals surface area (Å²) >= 11 is 0. The monoisotopic (exact) mass is 272 g/mol. The third kappa shape index (κ3) is 3.45. The third-order valence-corrected chi connectivity index (χ3v) is 5.84. The molecular formula is C20H32. The highest BCUT2D eigenvalue weighted by molar-refractivity contribution is 5.13. The van der Waals surface area contributed by atoms with Gasteiger partial charge in [-0.3, -0.25) is 0 Å². The van der Waals surface area contributed by atoms with Gasteiger partial charge in [-0.15, -0.1) is 0 Å². The Labute approximate surface area is 126 Å². The second-order valence-electron chi connectivity index (χ2n) is 7.63. The van der Waals surface area contributed by atoms with Crippen LogP contribution in [-0.4, -0.2) is 0 Å². The standard InChI is InChI=1S/C20H32/c1-15(2)18-12-14-20(5)13-11-17(4)8-6-7-16(3)9-10-19(18)20/h7,11,18-19H,1,6,8-10,12-14H2,2-5H3/b16-7+,17-11?/t18-,19+,20+/m1/s1. The maximum atomic E-state index is 4.28. The first-order valence-corrected chi connectivity index (χ1v) is 8.39. The average molecular weight is 272 g/mol. The molecule has 0 heteroatoms. The highest BCUT2D eigenvalue weighted by Gasteiger charge is 2.43. The van der Waals surface area contributed by atoms with Gasteiger partial charge in [-0.1, -0.05) is 42.4 Å². The lowest BCUT2D eigenvalue weighted by Crippen LogP contribution is -2.25. The molecule has 0 aliphatic heterocycles. The van der Waals surface area contributed by atoms with Gasteiger partial charge in [-0.05, 0) is 83.0 Å². The van der Waals surface area contributed by atoms with E-state index in [4.69, 9.17) is 0 Å². The van der Waals surface area contributed by atoms with Crippen molar-refractivity contribution in [1.29, 1.82) is 0 Å². The SMILES string of the molecule is C=C(C)[C@H]1CC[C@]2(C)CC=C(C)CC/C=C(\C)CC[C@@H]12. The fraction of sp³-hybridized carbons (Fsp3) is 0.700. The summed E-state index contributed by atoms with van der Waals surface area (Å²) in [7, 11) is 0. The Balaban J connectivity index is 2.26. The maximum absolute atomic E-state index is 4.28. The van der Waals surface area contributed by atoms with Gasteiger partial charge < -0.3 is 0 Å². The Morgan fingerprint density at radius 1 is 1.15 bits per heavy atom. The molecule has 0 unspecified atom stereocenters. The largest absolute Gasteiger partial charge is 0.0999 e. The van der Waals surface area contributed by atoms with Crippen molar-refractivity contribution in [2.45, 2.75) is 72.6 Å². The van der Waals surface area contributed by atoms with Crippen LogP contribution in [0.25, 0.3) is 0 Å². The minimum absolute atomic E-state index is 0.496. The zero-order chi connectivity index (χ0) is 14.8. The van der Waals surface area contributed by atoms with E-state index in [1.807, 2.05) is 0 Å². The molecule has 0 aromatic carbocycles. The van der Waals surface area contributed by atoms with Gasteiger partial charge in [0, 0.05) is 0 Å². The zero-order valence-electron chi connectivity index (χ0n) is 14.0. The maximum Gasteiger partial charge on any atom is -0.0175 e. The predicted octanol–water partition coefficient (Wildman–Crippen LogP) is 6.45. The van der Waals surface area contributed by atoms with Gasteiger partial charge in [0.1, 0.15) is 0 Å². The van der Waals surface area contributed by atoms with Crippen LogP contribution >= 0.6 is 0 Å². The predicted molar refractivity (Wildman–Crippen MR) is 89.7 cm³/mol. The van der Waals surface area contributed by atoms with Gasteiger partial charge in [-0.2, -0.15) is 0 Å². The van der Waals surface area contributed by atoms with Gasteiger partial charge in [0.05, 0.1) is 0 Å². The number of fused-ring (bicyclic) bond motifs is 1. The van der Waals surface area contributed by atoms with Crippen LogP contribution in [0.1, 0.15) is 72.6 Å². The van der Waals surface area contributed by atoms with Crippen LogP contribution in [0.2, 0.25) is 0 Å². The summed E-state index contributed by atoms with van der Waals surface area (Å²) in [5, 5.41) is 0. The van der Waals surface area contributed by atoms with Gasteiger partial charge in [-0.25, -0.2) is 0 Å². The molecule has 2 rings (SSSR count). The zero-order valence-corrected chi connectivity index (χ0v) is 14.0. The lowest BCUT2D eigenvalue weighted by molar-refractivity contribution is 0.195. The topological polar surface area (TPSA) is 0 Å². The first-order chi connectivity index (χ1) is 9.42. The van der Waals surface area contributed by atoms with Crippen LogP contribution in [0, 0.1) is 17.3 Å². The molecule has 0 aromatic heterocycles. The average Bonchev–Trinajstić information content (AvgIpc) is 2.70. The first-order valence-electron chi connectivity index (χ1n) is 8.39. The smallest absolute Gasteiger partial charge is 0.0175 e. The van der Waals surface area contributed by atoms with Crippen LogP contribution in [0.5, 0.6) is 0 Å². The minimum atomic E-state index is 0.496. The van der Waals surface area contributed by atoms with Gasteiger partial charge >= 0.3 is 0 Å². The summed E-state index contributed by atoms with van der Waals surface area (Å²) in [6.45, 7) is 13.7. The molecule has 0 radical (unpaired) electrons. The van der Waals surface area contributed by atoms with Crippen LogP contribution in [0.3, 0.4) is 0 Å². The Hall–Kier alpha value is -0.780. The Morgan fingerprint density at radius 3 is 2.55 bits per heavy atom. The fourth-order valence-corrected chi connectivity index (χ4v) is 4.29. The molecule has 0 saturated heterocycles. The van der Waals surface area contributed by atoms with E-state index < -0.39 is 0 Å². The number of hydrogen-bond acceptors (Lipinski definition) is 0. The van der Waals surface area contributed by atoms with E-state index in [0.717, 1.165) is 11.8 Å². The van der Waals surface area contributed by atoms with Gasteiger partial charge in [0.15, 0.2) is 0 Å². The van der Waals surface area contributed by atoms with E-state index in [-0.39, 0.29) is 0 Å². The second-order valence-corrected chi connectivity index (χ2v) is 7.63. The molecule has 2 aliphatic rings. The molecule has 0 aromatic rings. The van der Waals surface area contributed by atoms with E-state index in [0.29, 0.717) is 5.41 Å². The summed E-state index contributed by atoms with van der Waals surface area (Å²) in [4.78, 5) is 0. The molecule has 0 N–H and O–H groups in total. The van der Waals surface area contributed by atoms with Crippen LogP contribution in [0.15, 0.2) is 35.5 Å². The van der Waals surface area contributed by atoms with Crippen molar-refractivity contribution < 1.29 is 0 Å². The summed E-state index contributed by atoms with van der Waals surface area (Å²) < 4.78 is 0. The number of allylic oxidation sites excluding steroid dienone is 5. The highest BCUT2D eigenvalue weighted by atomic mass is 14.5. The molecule has 0 nitrogen and oxygen atoms in total. The molecule has 2 aliphatic carbocycles. The van der Waals surface area contributed by atoms with Crippen molar-refractivity contribution in [1.82, 2.24) is 0 Å². The van der Waals surface area contributed by atoms with E-state index in [1.165, 1.54) is 50.5 Å². The number of rotatable bonds is 1. The van der Waals surface area contributed by atoms with Gasteiger partial charge in [0.25, 0.3) is 0 Å². The minimum Gasteiger partial charge on any atom is -0.0999 e. The van der Waals surface area contributed by atoms with Crippen LogP contribution < -0.4 is 0 Å². The fourth-order valence-electron chi connectivity index (χ4n) is 4.29. The Morgan fingerprint density at radius 2 is 1.85 bits per heavy atom. The van der Waals surface area contributed by atoms with Gasteiger partial charge in [0.2, 0.25) is 0 Å². The van der Waals surface area contributed by atoms with Crippen LogP contribution in [-0.2, 0) is 0 Å². The van der Waals surface area contributed by atoms with Crippen molar-refractivity contribution in [2.24, 2.45) is 17.3 Å². The summed E-state index contributed by atoms with van der Waals surface area (Å²) in [6.07, 6.45) is 14.1. The molecule has 3 atom stereocenters. The molecule has 0 amide bonds. The van der Waals surface area contributed by atoms with E-state index in [2.05, 4.69) is 46.4 Å². The molecule has 20 heavy (non-hydrogen) atoms. The molecule has 0 spiro atoms. The summed E-state index contributed by atoms with van der Waals surface area (Å²) in [6, 6.07) is 0.